The van der Waals surface area contributed by atoms with E-state index in [9.17, 15) is 9.59 Å². The zero-order valence-electron chi connectivity index (χ0n) is 13.2. The Morgan fingerprint density at radius 1 is 1.08 bits per heavy atom. The van der Waals surface area contributed by atoms with Crippen LogP contribution in [0.3, 0.4) is 0 Å². The molecule has 1 atom stereocenters. The Morgan fingerprint density at radius 2 is 1.75 bits per heavy atom. The SMILES string of the molecule is COC(=O)Nc1ccc(NC(C)C(=O)Nc2ccc(Cl)cn2)cc1. The fourth-order valence-electron chi connectivity index (χ4n) is 1.82. The molecule has 0 saturated carbocycles. The number of rotatable bonds is 5. The number of benzene rings is 1. The zero-order valence-corrected chi connectivity index (χ0v) is 13.9. The maximum atomic E-state index is 12.1. The average Bonchev–Trinajstić information content (AvgIpc) is 2.58. The lowest BCUT2D eigenvalue weighted by molar-refractivity contribution is -0.116. The molecule has 1 heterocycles. The number of aromatic nitrogens is 1. The van der Waals surface area contributed by atoms with Crippen molar-refractivity contribution in [1.29, 1.82) is 0 Å². The summed E-state index contributed by atoms with van der Waals surface area (Å²) in [6.45, 7) is 1.73. The second kappa shape index (κ2) is 8.16. The molecule has 1 aromatic heterocycles. The van der Waals surface area contributed by atoms with Crippen LogP contribution in [-0.4, -0.2) is 30.1 Å². The van der Waals surface area contributed by atoms with Crippen molar-refractivity contribution in [3.05, 3.63) is 47.6 Å². The van der Waals surface area contributed by atoms with Gasteiger partial charge in [0, 0.05) is 17.6 Å². The minimum absolute atomic E-state index is 0.235. The first kappa shape index (κ1) is 17.6. The second-order valence-electron chi connectivity index (χ2n) is 4.91. The molecule has 0 aliphatic heterocycles. The summed E-state index contributed by atoms with van der Waals surface area (Å²) < 4.78 is 4.51. The highest BCUT2D eigenvalue weighted by molar-refractivity contribution is 6.30. The molecular formula is C16H17ClN4O3. The molecule has 2 rings (SSSR count). The van der Waals surface area contributed by atoms with E-state index >= 15 is 0 Å². The van der Waals surface area contributed by atoms with Crippen LogP contribution in [0.1, 0.15) is 6.92 Å². The fraction of sp³-hybridized carbons (Fsp3) is 0.188. The molecule has 1 unspecified atom stereocenters. The summed E-state index contributed by atoms with van der Waals surface area (Å²) in [7, 11) is 1.29. The Morgan fingerprint density at radius 3 is 2.33 bits per heavy atom. The highest BCUT2D eigenvalue weighted by Gasteiger charge is 2.13. The van der Waals surface area contributed by atoms with Crippen molar-refractivity contribution in [2.75, 3.05) is 23.1 Å². The van der Waals surface area contributed by atoms with Crippen LogP contribution in [0.25, 0.3) is 0 Å². The Bertz CT molecular complexity index is 704. The lowest BCUT2D eigenvalue weighted by Crippen LogP contribution is -2.32. The number of hydrogen-bond donors (Lipinski definition) is 3. The van der Waals surface area contributed by atoms with Crippen LogP contribution in [0.2, 0.25) is 5.02 Å². The van der Waals surface area contributed by atoms with Crippen molar-refractivity contribution in [2.24, 2.45) is 0 Å². The van der Waals surface area contributed by atoms with Gasteiger partial charge in [-0.1, -0.05) is 11.6 Å². The van der Waals surface area contributed by atoms with Crippen LogP contribution in [-0.2, 0) is 9.53 Å². The predicted molar refractivity (Wildman–Crippen MR) is 93.4 cm³/mol. The fourth-order valence-corrected chi connectivity index (χ4v) is 1.93. The van der Waals surface area contributed by atoms with E-state index < -0.39 is 12.1 Å². The second-order valence-corrected chi connectivity index (χ2v) is 5.35. The molecule has 2 amide bonds. The molecule has 1 aromatic carbocycles. The third-order valence-corrected chi connectivity index (χ3v) is 3.30. The van der Waals surface area contributed by atoms with E-state index in [1.165, 1.54) is 13.3 Å². The maximum Gasteiger partial charge on any atom is 0.411 e. The summed E-state index contributed by atoms with van der Waals surface area (Å²) in [5.74, 6) is 0.192. The summed E-state index contributed by atoms with van der Waals surface area (Å²) in [6.07, 6.45) is 0.918. The van der Waals surface area contributed by atoms with E-state index in [1.54, 1.807) is 43.3 Å². The van der Waals surface area contributed by atoms with E-state index in [2.05, 4.69) is 25.7 Å². The van der Waals surface area contributed by atoms with E-state index in [1.807, 2.05) is 0 Å². The van der Waals surface area contributed by atoms with Crippen molar-refractivity contribution < 1.29 is 14.3 Å². The van der Waals surface area contributed by atoms with Crippen LogP contribution in [0.4, 0.5) is 22.0 Å². The molecule has 2 aromatic rings. The Kier molecular flexibility index (Phi) is 5.97. The molecule has 3 N–H and O–H groups in total. The maximum absolute atomic E-state index is 12.1. The zero-order chi connectivity index (χ0) is 17.5. The lowest BCUT2D eigenvalue weighted by Gasteiger charge is -2.15. The highest BCUT2D eigenvalue weighted by atomic mass is 35.5. The molecule has 7 nitrogen and oxygen atoms in total. The molecule has 0 bridgehead atoms. The van der Waals surface area contributed by atoms with Crippen molar-refractivity contribution in [1.82, 2.24) is 4.98 Å². The van der Waals surface area contributed by atoms with Gasteiger partial charge in [-0.3, -0.25) is 10.1 Å². The average molecular weight is 349 g/mol. The number of anilines is 3. The minimum Gasteiger partial charge on any atom is -0.453 e. The lowest BCUT2D eigenvalue weighted by atomic mass is 10.2. The number of amides is 2. The van der Waals surface area contributed by atoms with Crippen LogP contribution < -0.4 is 16.0 Å². The normalized spacial score (nSPS) is 11.3. The number of hydrogen-bond acceptors (Lipinski definition) is 5. The van der Waals surface area contributed by atoms with Gasteiger partial charge in [-0.2, -0.15) is 0 Å². The molecule has 126 valence electrons. The summed E-state index contributed by atoms with van der Waals surface area (Å²) in [5.41, 5.74) is 1.33. The number of nitrogens with one attached hydrogen (secondary N) is 3. The molecule has 0 aliphatic carbocycles. The van der Waals surface area contributed by atoms with Crippen molar-refractivity contribution >= 4 is 40.8 Å². The third kappa shape index (κ3) is 5.13. The molecular weight excluding hydrogens is 332 g/mol. The van der Waals surface area contributed by atoms with Crippen molar-refractivity contribution in [3.63, 3.8) is 0 Å². The van der Waals surface area contributed by atoms with E-state index in [4.69, 9.17) is 11.6 Å². The largest absolute Gasteiger partial charge is 0.453 e. The topological polar surface area (TPSA) is 92.4 Å². The summed E-state index contributed by atoms with van der Waals surface area (Å²) >= 11 is 5.75. The minimum atomic E-state index is -0.543. The van der Waals surface area contributed by atoms with Gasteiger partial charge < -0.3 is 15.4 Å². The van der Waals surface area contributed by atoms with Gasteiger partial charge in [0.05, 0.1) is 12.1 Å². The molecule has 24 heavy (non-hydrogen) atoms. The van der Waals surface area contributed by atoms with Crippen LogP contribution in [0, 0.1) is 0 Å². The number of halogens is 1. The standard InChI is InChI=1S/C16H17ClN4O3/c1-10(15(22)21-14-8-3-11(17)9-18-14)19-12-4-6-13(7-5-12)20-16(23)24-2/h3-10,19H,1-2H3,(H,20,23)(H,18,21,22). The molecule has 0 radical (unpaired) electrons. The third-order valence-electron chi connectivity index (χ3n) is 3.07. The van der Waals surface area contributed by atoms with Gasteiger partial charge in [0.2, 0.25) is 5.91 Å². The van der Waals surface area contributed by atoms with Crippen molar-refractivity contribution in [3.8, 4) is 0 Å². The van der Waals surface area contributed by atoms with E-state index in [-0.39, 0.29) is 5.91 Å². The molecule has 0 fully saturated rings. The number of carbonyl (C=O) groups excluding carboxylic acids is 2. The number of pyridine rings is 1. The Balaban J connectivity index is 1.91. The summed E-state index contributed by atoms with van der Waals surface area (Å²) in [5, 5.41) is 8.79. The van der Waals surface area contributed by atoms with E-state index in [0.29, 0.717) is 16.5 Å². The first-order valence-electron chi connectivity index (χ1n) is 7.12. The Labute approximate surface area is 144 Å². The Hall–Kier alpha value is -2.80. The van der Waals surface area contributed by atoms with Gasteiger partial charge in [-0.15, -0.1) is 0 Å². The molecule has 0 saturated heterocycles. The van der Waals surface area contributed by atoms with Gasteiger partial charge in [0.25, 0.3) is 0 Å². The monoisotopic (exact) mass is 348 g/mol. The van der Waals surface area contributed by atoms with Gasteiger partial charge in [-0.05, 0) is 43.3 Å². The van der Waals surface area contributed by atoms with Gasteiger partial charge in [0.15, 0.2) is 0 Å². The van der Waals surface area contributed by atoms with Crippen LogP contribution in [0.15, 0.2) is 42.6 Å². The molecule has 0 aliphatic rings. The van der Waals surface area contributed by atoms with E-state index in [0.717, 1.165) is 5.69 Å². The molecule has 0 spiro atoms. The van der Waals surface area contributed by atoms with Crippen LogP contribution in [0.5, 0.6) is 0 Å². The predicted octanol–water partition coefficient (Wildman–Crippen LogP) is 3.35. The van der Waals surface area contributed by atoms with Gasteiger partial charge >= 0.3 is 6.09 Å². The van der Waals surface area contributed by atoms with Crippen LogP contribution >= 0.6 is 11.6 Å². The van der Waals surface area contributed by atoms with Crippen molar-refractivity contribution in [2.45, 2.75) is 13.0 Å². The van der Waals surface area contributed by atoms with Gasteiger partial charge in [0.1, 0.15) is 11.9 Å². The quantitative estimate of drug-likeness (QED) is 0.770. The highest BCUT2D eigenvalue weighted by Crippen LogP contribution is 2.15. The summed E-state index contributed by atoms with van der Waals surface area (Å²) in [6, 6.07) is 9.68. The smallest absolute Gasteiger partial charge is 0.411 e. The molecule has 8 heteroatoms. The number of carbonyl (C=O) groups is 2. The van der Waals surface area contributed by atoms with Gasteiger partial charge in [-0.25, -0.2) is 9.78 Å². The first-order valence-corrected chi connectivity index (χ1v) is 7.49. The first-order chi connectivity index (χ1) is 11.5. The number of nitrogens with zero attached hydrogens (tertiary/aromatic N) is 1. The number of ether oxygens (including phenoxy) is 1. The summed E-state index contributed by atoms with van der Waals surface area (Å²) in [4.78, 5) is 27.3. The number of methoxy groups -OCH3 is 1.